The first-order valence-corrected chi connectivity index (χ1v) is 4.36. The fraction of sp³-hybridized carbons (Fsp3) is 0.857. The highest BCUT2D eigenvalue weighted by atomic mass is 16.5. The van der Waals surface area contributed by atoms with E-state index in [9.17, 15) is 0 Å². The fourth-order valence-electron chi connectivity index (χ4n) is 1.63. The van der Waals surface area contributed by atoms with Crippen LogP contribution in [0, 0.1) is 0 Å². The summed E-state index contributed by atoms with van der Waals surface area (Å²) in [4.78, 5) is 2.03. The molecule has 2 rings (SSSR count). The third-order valence-corrected chi connectivity index (χ3v) is 2.16. The lowest BCUT2D eigenvalue weighted by Crippen LogP contribution is -2.62. The predicted molar refractivity (Wildman–Crippen MR) is 46.4 cm³/mol. The summed E-state index contributed by atoms with van der Waals surface area (Å²) in [7, 11) is 0. The number of nitrogens with one attached hydrogen (secondary N) is 1. The zero-order chi connectivity index (χ0) is 9.31. The molecule has 0 amide bonds. The van der Waals surface area contributed by atoms with Crippen molar-refractivity contribution < 1.29 is 4.74 Å². The first kappa shape index (κ1) is 8.43. The van der Waals surface area contributed by atoms with Crippen molar-refractivity contribution in [3.8, 4) is 0 Å². The van der Waals surface area contributed by atoms with Crippen molar-refractivity contribution in [1.82, 2.24) is 20.6 Å². The van der Waals surface area contributed by atoms with E-state index in [1.807, 2.05) is 11.8 Å². The van der Waals surface area contributed by atoms with Gasteiger partial charge in [0.25, 0.3) is 5.95 Å². The van der Waals surface area contributed by atoms with E-state index in [-0.39, 0.29) is 5.60 Å². The van der Waals surface area contributed by atoms with Crippen molar-refractivity contribution in [3.63, 3.8) is 0 Å². The number of hydrogen-bond donors (Lipinski definition) is 1. The van der Waals surface area contributed by atoms with E-state index in [4.69, 9.17) is 4.74 Å². The van der Waals surface area contributed by atoms with Crippen LogP contribution in [0.4, 0.5) is 5.95 Å². The highest BCUT2D eigenvalue weighted by Gasteiger charge is 2.41. The number of ether oxygens (including phenoxy) is 1. The van der Waals surface area contributed by atoms with Gasteiger partial charge in [0.2, 0.25) is 0 Å². The zero-order valence-corrected chi connectivity index (χ0v) is 7.82. The number of rotatable bonds is 3. The summed E-state index contributed by atoms with van der Waals surface area (Å²) in [5.74, 6) is 0.650. The molecule has 1 aromatic rings. The van der Waals surface area contributed by atoms with E-state index >= 15 is 0 Å². The molecule has 1 fully saturated rings. The van der Waals surface area contributed by atoms with Crippen LogP contribution in [0.2, 0.25) is 0 Å². The summed E-state index contributed by atoms with van der Waals surface area (Å²) in [6, 6.07) is 0. The molecular weight excluding hydrogens is 170 g/mol. The van der Waals surface area contributed by atoms with Crippen LogP contribution in [0.3, 0.4) is 0 Å². The van der Waals surface area contributed by atoms with Gasteiger partial charge in [0.05, 0.1) is 13.1 Å². The van der Waals surface area contributed by atoms with Gasteiger partial charge in [-0.25, -0.2) is 0 Å². The summed E-state index contributed by atoms with van der Waals surface area (Å²) in [6.07, 6.45) is 0. The average Bonchev–Trinajstić information content (AvgIpc) is 2.52. The Bertz CT molecular complexity index is 266. The van der Waals surface area contributed by atoms with Gasteiger partial charge < -0.3 is 9.64 Å². The van der Waals surface area contributed by atoms with E-state index < -0.39 is 0 Å². The van der Waals surface area contributed by atoms with Gasteiger partial charge in [0, 0.05) is 6.61 Å². The third kappa shape index (κ3) is 1.49. The van der Waals surface area contributed by atoms with Gasteiger partial charge in [-0.2, -0.15) is 5.21 Å². The molecular formula is C7H13N5O. The van der Waals surface area contributed by atoms with Gasteiger partial charge in [0.15, 0.2) is 0 Å². The van der Waals surface area contributed by atoms with Gasteiger partial charge in [0.1, 0.15) is 5.60 Å². The van der Waals surface area contributed by atoms with Crippen molar-refractivity contribution in [3.05, 3.63) is 0 Å². The average molecular weight is 183 g/mol. The lowest BCUT2D eigenvalue weighted by atomic mass is 9.97. The Morgan fingerprint density at radius 3 is 2.92 bits per heavy atom. The SMILES string of the molecule is CCOC1(C)CN(c2nn[nH]n2)C1. The van der Waals surface area contributed by atoms with Crippen molar-refractivity contribution in [2.75, 3.05) is 24.6 Å². The summed E-state index contributed by atoms with van der Waals surface area (Å²) in [5, 5.41) is 13.7. The van der Waals surface area contributed by atoms with Gasteiger partial charge in [-0.3, -0.25) is 0 Å². The number of aromatic amines is 1. The van der Waals surface area contributed by atoms with Gasteiger partial charge in [-0.15, -0.1) is 5.10 Å². The van der Waals surface area contributed by atoms with Crippen LogP contribution in [0.5, 0.6) is 0 Å². The second-order valence-electron chi connectivity index (χ2n) is 3.45. The molecule has 6 nitrogen and oxygen atoms in total. The first-order valence-electron chi connectivity index (χ1n) is 4.36. The van der Waals surface area contributed by atoms with Crippen LogP contribution in [0.15, 0.2) is 0 Å². The molecule has 0 aliphatic carbocycles. The normalized spacial score (nSPS) is 20.0. The smallest absolute Gasteiger partial charge is 0.265 e. The van der Waals surface area contributed by atoms with Crippen molar-refractivity contribution in [2.24, 2.45) is 0 Å². The largest absolute Gasteiger partial charge is 0.372 e. The molecule has 0 radical (unpaired) electrons. The van der Waals surface area contributed by atoms with Gasteiger partial charge >= 0.3 is 0 Å². The molecule has 6 heteroatoms. The lowest BCUT2D eigenvalue weighted by Gasteiger charge is -2.46. The molecule has 0 saturated carbocycles. The molecule has 1 aliphatic rings. The van der Waals surface area contributed by atoms with Crippen LogP contribution in [0.1, 0.15) is 13.8 Å². The highest BCUT2D eigenvalue weighted by molar-refractivity contribution is 5.34. The van der Waals surface area contributed by atoms with E-state index in [2.05, 4.69) is 27.5 Å². The monoisotopic (exact) mass is 183 g/mol. The van der Waals surface area contributed by atoms with Gasteiger partial charge in [-0.1, -0.05) is 5.10 Å². The minimum absolute atomic E-state index is 0.0324. The summed E-state index contributed by atoms with van der Waals surface area (Å²) in [5.41, 5.74) is -0.0324. The van der Waals surface area contributed by atoms with Crippen LogP contribution < -0.4 is 4.90 Å². The molecule has 1 N–H and O–H groups in total. The maximum atomic E-state index is 5.57. The Hall–Kier alpha value is -1.17. The van der Waals surface area contributed by atoms with E-state index in [1.165, 1.54) is 0 Å². The highest BCUT2D eigenvalue weighted by Crippen LogP contribution is 2.26. The number of H-pyrrole nitrogens is 1. The van der Waals surface area contributed by atoms with E-state index in [0.717, 1.165) is 19.7 Å². The maximum absolute atomic E-state index is 5.57. The van der Waals surface area contributed by atoms with Crippen LogP contribution in [-0.2, 0) is 4.74 Å². The van der Waals surface area contributed by atoms with E-state index in [0.29, 0.717) is 5.95 Å². The number of aromatic nitrogens is 4. The lowest BCUT2D eigenvalue weighted by molar-refractivity contribution is -0.0452. The standard InChI is InChI=1S/C7H13N5O/c1-3-13-7(2)4-12(5-7)6-8-10-11-9-6/h3-5H2,1-2H3,(H,8,9,10,11). The molecule has 0 bridgehead atoms. The quantitative estimate of drug-likeness (QED) is 0.703. The van der Waals surface area contributed by atoms with Crippen molar-refractivity contribution in [2.45, 2.75) is 19.4 Å². The Labute approximate surface area is 76.3 Å². The summed E-state index contributed by atoms with van der Waals surface area (Å²) >= 11 is 0. The number of tetrazole rings is 1. The molecule has 72 valence electrons. The van der Waals surface area contributed by atoms with Crippen LogP contribution in [0.25, 0.3) is 0 Å². The molecule has 0 spiro atoms. The van der Waals surface area contributed by atoms with E-state index in [1.54, 1.807) is 0 Å². The Balaban J connectivity index is 1.91. The summed E-state index contributed by atoms with van der Waals surface area (Å²) < 4.78 is 5.57. The summed E-state index contributed by atoms with van der Waals surface area (Å²) in [6.45, 7) is 6.51. The maximum Gasteiger partial charge on any atom is 0.265 e. The second kappa shape index (κ2) is 2.95. The van der Waals surface area contributed by atoms with Crippen LogP contribution >= 0.6 is 0 Å². The number of nitrogens with zero attached hydrogens (tertiary/aromatic N) is 4. The number of hydrogen-bond acceptors (Lipinski definition) is 5. The number of anilines is 1. The zero-order valence-electron chi connectivity index (χ0n) is 7.82. The molecule has 1 saturated heterocycles. The fourth-order valence-corrected chi connectivity index (χ4v) is 1.63. The minimum Gasteiger partial charge on any atom is -0.372 e. The third-order valence-electron chi connectivity index (χ3n) is 2.16. The Kier molecular flexibility index (Phi) is 1.91. The molecule has 13 heavy (non-hydrogen) atoms. The Morgan fingerprint density at radius 2 is 2.38 bits per heavy atom. The molecule has 1 aromatic heterocycles. The molecule has 2 heterocycles. The first-order chi connectivity index (χ1) is 6.23. The van der Waals surface area contributed by atoms with Crippen molar-refractivity contribution in [1.29, 1.82) is 0 Å². The second-order valence-corrected chi connectivity index (χ2v) is 3.45. The van der Waals surface area contributed by atoms with Crippen molar-refractivity contribution >= 4 is 5.95 Å². The van der Waals surface area contributed by atoms with Crippen LogP contribution in [-0.4, -0.2) is 45.9 Å². The predicted octanol–water partition coefficient (Wildman–Crippen LogP) is -0.185. The molecule has 0 unspecified atom stereocenters. The molecule has 0 aromatic carbocycles. The minimum atomic E-state index is -0.0324. The molecule has 1 aliphatic heterocycles. The topological polar surface area (TPSA) is 66.9 Å². The Morgan fingerprint density at radius 1 is 1.62 bits per heavy atom. The molecule has 0 atom stereocenters. The van der Waals surface area contributed by atoms with Gasteiger partial charge in [-0.05, 0) is 19.1 Å².